The van der Waals surface area contributed by atoms with E-state index in [1.165, 1.54) is 13.2 Å². The molecule has 1 aromatic rings. The Morgan fingerprint density at radius 1 is 1.31 bits per heavy atom. The molecule has 3 heteroatoms. The average molecular weight is 224 g/mol. The van der Waals surface area contributed by atoms with Gasteiger partial charge in [0.2, 0.25) is 0 Å². The Bertz CT molecular complexity index is 386. The molecule has 0 heterocycles. The number of carbonyl (C=O) groups is 1. The van der Waals surface area contributed by atoms with Crippen LogP contribution in [0.25, 0.3) is 0 Å². The van der Waals surface area contributed by atoms with Crippen LogP contribution in [-0.4, -0.2) is 12.9 Å². The molecule has 0 fully saturated rings. The topological polar surface area (TPSA) is 26.3 Å². The smallest absolute Gasteiger partial charge is 0.142 e. The fourth-order valence-corrected chi connectivity index (χ4v) is 1.76. The first-order valence-corrected chi connectivity index (χ1v) is 5.35. The van der Waals surface area contributed by atoms with Gasteiger partial charge >= 0.3 is 0 Å². The van der Waals surface area contributed by atoms with Crippen LogP contribution in [0.3, 0.4) is 0 Å². The highest BCUT2D eigenvalue weighted by atomic mass is 19.1. The highest BCUT2D eigenvalue weighted by Gasteiger charge is 2.24. The third-order valence-electron chi connectivity index (χ3n) is 2.66. The van der Waals surface area contributed by atoms with Crippen LogP contribution in [0.15, 0.2) is 18.2 Å². The molecule has 1 atom stereocenters. The number of rotatable bonds is 4. The lowest BCUT2D eigenvalue weighted by atomic mass is 9.89. The second-order valence-electron chi connectivity index (χ2n) is 4.13. The maximum Gasteiger partial charge on any atom is 0.142 e. The number of benzene rings is 1. The summed E-state index contributed by atoms with van der Waals surface area (Å²) in [5.41, 5.74) is 0.351. The largest absolute Gasteiger partial charge is 0.496 e. The second-order valence-corrected chi connectivity index (χ2v) is 4.13. The highest BCUT2D eigenvalue weighted by molar-refractivity contribution is 5.87. The fourth-order valence-electron chi connectivity index (χ4n) is 1.76. The molecule has 1 aromatic carbocycles. The van der Waals surface area contributed by atoms with E-state index in [0.717, 1.165) is 0 Å². The Morgan fingerprint density at radius 2 is 1.94 bits per heavy atom. The van der Waals surface area contributed by atoms with Crippen LogP contribution >= 0.6 is 0 Å². The Kier molecular flexibility index (Phi) is 4.05. The van der Waals surface area contributed by atoms with Crippen molar-refractivity contribution in [2.24, 2.45) is 5.92 Å². The van der Waals surface area contributed by atoms with Gasteiger partial charge in [0.1, 0.15) is 17.3 Å². The zero-order valence-electron chi connectivity index (χ0n) is 10.1. The maximum atomic E-state index is 13.7. The molecule has 88 valence electrons. The van der Waals surface area contributed by atoms with Gasteiger partial charge in [-0.05, 0) is 12.1 Å². The SMILES string of the molecule is COc1cccc(F)c1C(C)C(=O)C(C)C. The first kappa shape index (κ1) is 12.7. The van der Waals surface area contributed by atoms with Gasteiger partial charge in [0.15, 0.2) is 0 Å². The molecule has 1 unspecified atom stereocenters. The van der Waals surface area contributed by atoms with Crippen LogP contribution in [0.1, 0.15) is 32.3 Å². The predicted molar refractivity (Wildman–Crippen MR) is 61.2 cm³/mol. The Labute approximate surface area is 95.4 Å². The van der Waals surface area contributed by atoms with E-state index in [0.29, 0.717) is 11.3 Å². The summed E-state index contributed by atoms with van der Waals surface area (Å²) in [7, 11) is 1.48. The minimum absolute atomic E-state index is 0.0170. The van der Waals surface area contributed by atoms with Crippen LogP contribution in [-0.2, 0) is 4.79 Å². The van der Waals surface area contributed by atoms with Crippen molar-refractivity contribution in [3.05, 3.63) is 29.6 Å². The van der Waals surface area contributed by atoms with E-state index in [1.807, 2.05) is 13.8 Å². The van der Waals surface area contributed by atoms with Crippen molar-refractivity contribution in [2.75, 3.05) is 7.11 Å². The maximum absolute atomic E-state index is 13.7. The first-order chi connectivity index (χ1) is 7.49. The van der Waals surface area contributed by atoms with Crippen molar-refractivity contribution < 1.29 is 13.9 Å². The van der Waals surface area contributed by atoms with Gasteiger partial charge in [0.25, 0.3) is 0 Å². The fraction of sp³-hybridized carbons (Fsp3) is 0.462. The summed E-state index contributed by atoms with van der Waals surface area (Å²) >= 11 is 0. The molecule has 0 aliphatic rings. The van der Waals surface area contributed by atoms with Crippen LogP contribution in [0, 0.1) is 11.7 Å². The molecular weight excluding hydrogens is 207 g/mol. The molecule has 0 saturated carbocycles. The zero-order chi connectivity index (χ0) is 12.3. The standard InChI is InChI=1S/C13H17FO2/c1-8(2)13(15)9(3)12-10(14)6-5-7-11(12)16-4/h5-9H,1-4H3. The van der Waals surface area contributed by atoms with Gasteiger partial charge in [-0.1, -0.05) is 26.8 Å². The molecule has 0 bridgehead atoms. The molecule has 1 rings (SSSR count). The number of ether oxygens (including phenoxy) is 1. The third-order valence-corrected chi connectivity index (χ3v) is 2.66. The molecule has 0 spiro atoms. The summed E-state index contributed by atoms with van der Waals surface area (Å²) in [5, 5.41) is 0. The number of carbonyl (C=O) groups excluding carboxylic acids is 1. The minimum atomic E-state index is -0.476. The Hall–Kier alpha value is -1.38. The van der Waals surface area contributed by atoms with Crippen LogP contribution < -0.4 is 4.74 Å². The molecule has 0 radical (unpaired) electrons. The second kappa shape index (κ2) is 5.10. The molecular formula is C13H17FO2. The zero-order valence-corrected chi connectivity index (χ0v) is 10.1. The van der Waals surface area contributed by atoms with E-state index in [9.17, 15) is 9.18 Å². The van der Waals surface area contributed by atoms with Crippen molar-refractivity contribution in [2.45, 2.75) is 26.7 Å². The number of hydrogen-bond acceptors (Lipinski definition) is 2. The molecule has 0 amide bonds. The first-order valence-electron chi connectivity index (χ1n) is 5.35. The number of halogens is 1. The van der Waals surface area contributed by atoms with Crippen molar-refractivity contribution in [3.63, 3.8) is 0 Å². The number of ketones is 1. The van der Waals surface area contributed by atoms with Crippen LogP contribution in [0.4, 0.5) is 4.39 Å². The van der Waals surface area contributed by atoms with Gasteiger partial charge in [-0.3, -0.25) is 4.79 Å². The lowest BCUT2D eigenvalue weighted by Gasteiger charge is -2.17. The Morgan fingerprint density at radius 3 is 2.44 bits per heavy atom. The van der Waals surface area contributed by atoms with Gasteiger partial charge in [-0.25, -0.2) is 4.39 Å². The van der Waals surface area contributed by atoms with Gasteiger partial charge in [0.05, 0.1) is 7.11 Å². The number of hydrogen-bond donors (Lipinski definition) is 0. The van der Waals surface area contributed by atoms with Crippen molar-refractivity contribution in [3.8, 4) is 5.75 Å². The molecule has 2 nitrogen and oxygen atoms in total. The summed E-state index contributed by atoms with van der Waals surface area (Å²) in [6.07, 6.45) is 0. The Balaban J connectivity index is 3.16. The van der Waals surface area contributed by atoms with Gasteiger partial charge < -0.3 is 4.74 Å². The van der Waals surface area contributed by atoms with E-state index in [2.05, 4.69) is 0 Å². The van der Waals surface area contributed by atoms with Crippen LogP contribution in [0.5, 0.6) is 5.75 Å². The predicted octanol–water partition coefficient (Wildman–Crippen LogP) is 3.16. The third kappa shape index (κ3) is 2.40. The highest BCUT2D eigenvalue weighted by Crippen LogP contribution is 2.31. The summed E-state index contributed by atoms with van der Waals surface area (Å²) in [6, 6.07) is 4.59. The lowest BCUT2D eigenvalue weighted by Crippen LogP contribution is -2.17. The molecule has 0 saturated heterocycles. The van der Waals surface area contributed by atoms with Gasteiger partial charge in [-0.15, -0.1) is 0 Å². The normalized spacial score (nSPS) is 12.6. The van der Waals surface area contributed by atoms with E-state index in [1.54, 1.807) is 19.1 Å². The van der Waals surface area contributed by atoms with E-state index in [4.69, 9.17) is 4.74 Å². The number of Topliss-reactive ketones (excluding diaryl/α,β-unsaturated/α-hetero) is 1. The quantitative estimate of drug-likeness (QED) is 0.785. The summed E-state index contributed by atoms with van der Waals surface area (Å²) in [4.78, 5) is 11.8. The molecule has 16 heavy (non-hydrogen) atoms. The van der Waals surface area contributed by atoms with Gasteiger partial charge in [0, 0.05) is 17.4 Å². The van der Waals surface area contributed by atoms with E-state index >= 15 is 0 Å². The summed E-state index contributed by atoms with van der Waals surface area (Å²) in [5.74, 6) is -0.527. The number of methoxy groups -OCH3 is 1. The van der Waals surface area contributed by atoms with Crippen molar-refractivity contribution in [1.82, 2.24) is 0 Å². The van der Waals surface area contributed by atoms with E-state index < -0.39 is 5.92 Å². The lowest BCUT2D eigenvalue weighted by molar-refractivity contribution is -0.123. The summed E-state index contributed by atoms with van der Waals surface area (Å²) in [6.45, 7) is 5.33. The average Bonchev–Trinajstić information content (AvgIpc) is 2.26. The van der Waals surface area contributed by atoms with Crippen LogP contribution in [0.2, 0.25) is 0 Å². The monoisotopic (exact) mass is 224 g/mol. The molecule has 0 aliphatic carbocycles. The molecule has 0 aliphatic heterocycles. The van der Waals surface area contributed by atoms with Crippen molar-refractivity contribution >= 4 is 5.78 Å². The molecule has 0 aromatic heterocycles. The minimum Gasteiger partial charge on any atom is -0.496 e. The van der Waals surface area contributed by atoms with E-state index in [-0.39, 0.29) is 17.5 Å². The van der Waals surface area contributed by atoms with Gasteiger partial charge in [-0.2, -0.15) is 0 Å². The summed E-state index contributed by atoms with van der Waals surface area (Å²) < 4.78 is 18.8. The van der Waals surface area contributed by atoms with Crippen molar-refractivity contribution in [1.29, 1.82) is 0 Å². The molecule has 0 N–H and O–H groups in total.